The van der Waals surface area contributed by atoms with Gasteiger partial charge in [0.25, 0.3) is 0 Å². The molecule has 4 N–H and O–H groups in total. The topological polar surface area (TPSA) is 240 Å². The van der Waals surface area contributed by atoms with E-state index in [-0.39, 0.29) is 46.2 Å². The molecular weight excluding hydrogens is 546 g/mol. The van der Waals surface area contributed by atoms with E-state index in [4.69, 9.17) is 38.3 Å². The van der Waals surface area contributed by atoms with Gasteiger partial charge in [0.15, 0.2) is 18.3 Å². The zero-order chi connectivity index (χ0) is 30.5. The molecule has 4 unspecified atom stereocenters. The molecule has 0 radical (unpaired) electrons. The Morgan fingerprint density at radius 3 is 1.75 bits per heavy atom. The maximum absolute atomic E-state index is 12.6. The predicted molar refractivity (Wildman–Crippen MR) is 129 cm³/mol. The second-order valence-corrected chi connectivity index (χ2v) is 7.91. The average Bonchev–Trinajstić information content (AvgIpc) is 2.87. The summed E-state index contributed by atoms with van der Waals surface area (Å²) >= 11 is 0. The van der Waals surface area contributed by atoms with E-state index in [9.17, 15) is 39.0 Å². The van der Waals surface area contributed by atoms with Crippen molar-refractivity contribution in [3.05, 3.63) is 0 Å². The fourth-order valence-corrected chi connectivity index (χ4v) is 2.89. The SMILES string of the molecule is CC(=O)OC(CO)C(OC(C)=O)C(O)C(OC(C)=O)C(=O)COCCOCCNC(=O)COCCOCC(=O)O. The van der Waals surface area contributed by atoms with E-state index < -0.39 is 79.8 Å². The molecule has 0 saturated heterocycles. The van der Waals surface area contributed by atoms with Gasteiger partial charge in [-0.2, -0.15) is 0 Å². The largest absolute Gasteiger partial charge is 0.480 e. The van der Waals surface area contributed by atoms with Gasteiger partial charge in [-0.25, -0.2) is 4.79 Å². The number of aliphatic hydroxyl groups is 2. The molecule has 0 aromatic carbocycles. The van der Waals surface area contributed by atoms with Crippen molar-refractivity contribution in [2.45, 2.75) is 45.2 Å². The first-order valence-corrected chi connectivity index (χ1v) is 12.0. The van der Waals surface area contributed by atoms with E-state index in [0.29, 0.717) is 0 Å². The fraction of sp³-hybridized carbons (Fsp3) is 0.739. The maximum atomic E-state index is 12.6. The normalized spacial score (nSPS) is 13.8. The van der Waals surface area contributed by atoms with Crippen molar-refractivity contribution in [1.82, 2.24) is 5.32 Å². The summed E-state index contributed by atoms with van der Waals surface area (Å²) in [7, 11) is 0. The number of Topliss-reactive ketones (excluding diaryl/α,β-unsaturated/α-hetero) is 1. The summed E-state index contributed by atoms with van der Waals surface area (Å²) in [6.07, 6.45) is -7.19. The number of ketones is 1. The van der Waals surface area contributed by atoms with E-state index in [1.165, 1.54) is 0 Å². The van der Waals surface area contributed by atoms with Crippen molar-refractivity contribution >= 4 is 35.6 Å². The number of carbonyl (C=O) groups is 6. The number of hydrogen-bond donors (Lipinski definition) is 4. The Labute approximate surface area is 229 Å². The van der Waals surface area contributed by atoms with Gasteiger partial charge in [-0.3, -0.25) is 24.0 Å². The zero-order valence-corrected chi connectivity index (χ0v) is 22.5. The van der Waals surface area contributed by atoms with Crippen molar-refractivity contribution in [2.75, 3.05) is 66.0 Å². The molecule has 0 aromatic rings. The Balaban J connectivity index is 4.51. The van der Waals surface area contributed by atoms with E-state index in [2.05, 4.69) is 5.32 Å². The third-order valence-corrected chi connectivity index (χ3v) is 4.44. The van der Waals surface area contributed by atoms with Crippen LogP contribution in [0.3, 0.4) is 0 Å². The highest BCUT2D eigenvalue weighted by Crippen LogP contribution is 2.17. The van der Waals surface area contributed by atoms with Crippen LogP contribution in [-0.4, -0.2) is 141 Å². The summed E-state index contributed by atoms with van der Waals surface area (Å²) in [5.74, 6) is -5.20. The molecule has 4 atom stereocenters. The molecule has 40 heavy (non-hydrogen) atoms. The number of aliphatic carboxylic acids is 1. The van der Waals surface area contributed by atoms with Crippen molar-refractivity contribution < 1.29 is 77.2 Å². The summed E-state index contributed by atoms with van der Waals surface area (Å²) in [6, 6.07) is 0. The summed E-state index contributed by atoms with van der Waals surface area (Å²) < 4.78 is 34.8. The van der Waals surface area contributed by atoms with E-state index >= 15 is 0 Å². The number of hydrogen-bond acceptors (Lipinski definition) is 15. The van der Waals surface area contributed by atoms with Crippen molar-refractivity contribution in [1.29, 1.82) is 0 Å². The molecule has 230 valence electrons. The molecule has 0 aromatic heterocycles. The standard InChI is InChI=1S/C23H37NO16/c1-14(26)38-18(10-25)23(40-16(3)28)21(33)22(39-15(2)27)17(29)11-35-7-6-34-5-4-24-19(30)12-36-8-9-37-13-20(31)32/h18,21-23,25,33H,4-13H2,1-3H3,(H,24,30)(H,31,32). The second-order valence-electron chi connectivity index (χ2n) is 7.91. The van der Waals surface area contributed by atoms with Crippen LogP contribution in [0.15, 0.2) is 0 Å². The van der Waals surface area contributed by atoms with Gasteiger partial charge >= 0.3 is 23.9 Å². The number of aliphatic hydroxyl groups excluding tert-OH is 2. The number of amides is 1. The van der Waals surface area contributed by atoms with Crippen LogP contribution in [-0.2, 0) is 61.9 Å². The Hall–Kier alpha value is -3.22. The van der Waals surface area contributed by atoms with Crippen LogP contribution in [0.2, 0.25) is 0 Å². The molecule has 0 rings (SSSR count). The molecular formula is C23H37NO16. The fourth-order valence-electron chi connectivity index (χ4n) is 2.89. The highest BCUT2D eigenvalue weighted by molar-refractivity contribution is 5.87. The smallest absolute Gasteiger partial charge is 0.329 e. The number of rotatable bonds is 23. The van der Waals surface area contributed by atoms with Crippen LogP contribution < -0.4 is 5.32 Å². The van der Waals surface area contributed by atoms with E-state index in [1.54, 1.807) is 0 Å². The van der Waals surface area contributed by atoms with Crippen LogP contribution in [0.25, 0.3) is 0 Å². The Morgan fingerprint density at radius 2 is 1.23 bits per heavy atom. The van der Waals surface area contributed by atoms with Crippen LogP contribution in [0.1, 0.15) is 20.8 Å². The third-order valence-electron chi connectivity index (χ3n) is 4.44. The summed E-state index contributed by atoms with van der Waals surface area (Å²) in [5.41, 5.74) is 0. The molecule has 0 heterocycles. The van der Waals surface area contributed by atoms with Gasteiger partial charge in [-0.1, -0.05) is 0 Å². The molecule has 0 aliphatic heterocycles. The number of carbonyl (C=O) groups excluding carboxylic acids is 5. The van der Waals surface area contributed by atoms with Crippen LogP contribution in [0, 0.1) is 0 Å². The first-order valence-electron chi connectivity index (χ1n) is 12.0. The molecule has 0 bridgehead atoms. The summed E-state index contributed by atoms with van der Waals surface area (Å²) in [5, 5.41) is 31.1. The minimum Gasteiger partial charge on any atom is -0.480 e. The van der Waals surface area contributed by atoms with Crippen molar-refractivity contribution in [3.8, 4) is 0 Å². The minimum atomic E-state index is -2.01. The molecule has 0 spiro atoms. The van der Waals surface area contributed by atoms with E-state index in [0.717, 1.165) is 20.8 Å². The predicted octanol–water partition coefficient (Wildman–Crippen LogP) is -3.03. The van der Waals surface area contributed by atoms with Gasteiger partial charge in [0, 0.05) is 27.3 Å². The number of ether oxygens (including phenoxy) is 7. The molecule has 0 saturated carbocycles. The molecule has 0 fully saturated rings. The van der Waals surface area contributed by atoms with Crippen LogP contribution in [0.4, 0.5) is 0 Å². The summed E-state index contributed by atoms with van der Waals surface area (Å²) in [4.78, 5) is 68.8. The van der Waals surface area contributed by atoms with Gasteiger partial charge in [0.1, 0.15) is 25.9 Å². The first kappa shape index (κ1) is 36.8. The van der Waals surface area contributed by atoms with E-state index in [1.807, 2.05) is 0 Å². The number of carboxylic acids is 1. The number of nitrogens with one attached hydrogen (secondary N) is 1. The number of esters is 3. The Kier molecular flexibility index (Phi) is 19.8. The maximum Gasteiger partial charge on any atom is 0.329 e. The van der Waals surface area contributed by atoms with Gasteiger partial charge in [-0.05, 0) is 0 Å². The van der Waals surface area contributed by atoms with Crippen LogP contribution >= 0.6 is 0 Å². The van der Waals surface area contributed by atoms with Gasteiger partial charge in [0.05, 0.1) is 39.6 Å². The lowest BCUT2D eigenvalue weighted by atomic mass is 9.99. The Morgan fingerprint density at radius 1 is 0.700 bits per heavy atom. The zero-order valence-electron chi connectivity index (χ0n) is 22.5. The summed E-state index contributed by atoms with van der Waals surface area (Å²) in [6.45, 7) is 0.955. The third kappa shape index (κ3) is 18.1. The van der Waals surface area contributed by atoms with Gasteiger partial charge in [0.2, 0.25) is 11.7 Å². The van der Waals surface area contributed by atoms with Gasteiger partial charge < -0.3 is 53.8 Å². The quantitative estimate of drug-likeness (QED) is 0.0531. The second kappa shape index (κ2) is 21.6. The van der Waals surface area contributed by atoms with Crippen molar-refractivity contribution in [3.63, 3.8) is 0 Å². The highest BCUT2D eigenvalue weighted by Gasteiger charge is 2.42. The Bertz CT molecular complexity index is 819. The molecule has 1 amide bonds. The molecule has 17 nitrogen and oxygen atoms in total. The lowest BCUT2D eigenvalue weighted by Crippen LogP contribution is -2.53. The lowest BCUT2D eigenvalue weighted by Gasteiger charge is -2.32. The first-order chi connectivity index (χ1) is 18.9. The molecule has 0 aliphatic rings. The molecule has 17 heteroatoms. The van der Waals surface area contributed by atoms with Crippen LogP contribution in [0.5, 0.6) is 0 Å². The monoisotopic (exact) mass is 583 g/mol. The average molecular weight is 584 g/mol. The number of carboxylic acid groups (broad SMARTS) is 1. The minimum absolute atomic E-state index is 0.0104. The van der Waals surface area contributed by atoms with Crippen molar-refractivity contribution in [2.24, 2.45) is 0 Å². The van der Waals surface area contributed by atoms with Gasteiger partial charge in [-0.15, -0.1) is 0 Å². The lowest BCUT2D eigenvalue weighted by molar-refractivity contribution is -0.192. The highest BCUT2D eigenvalue weighted by atomic mass is 16.6. The molecule has 0 aliphatic carbocycles.